The summed E-state index contributed by atoms with van der Waals surface area (Å²) in [7, 11) is -3.25. The van der Waals surface area contributed by atoms with Crippen LogP contribution in [0.4, 0.5) is 5.69 Å². The van der Waals surface area contributed by atoms with Crippen LogP contribution in [0.1, 0.15) is 31.4 Å². The van der Waals surface area contributed by atoms with Crippen LogP contribution < -0.4 is 4.72 Å². The number of rotatable bonds is 3. The minimum absolute atomic E-state index is 0.245. The molecule has 6 heteroatoms. The van der Waals surface area contributed by atoms with E-state index < -0.39 is 10.0 Å². The predicted octanol–water partition coefficient (Wildman–Crippen LogP) is 2.84. The third kappa shape index (κ3) is 2.98. The van der Waals surface area contributed by atoms with Gasteiger partial charge in [0.25, 0.3) is 0 Å². The van der Waals surface area contributed by atoms with Crippen LogP contribution in [0.25, 0.3) is 0 Å². The van der Waals surface area contributed by atoms with E-state index in [4.69, 9.17) is 0 Å². The van der Waals surface area contributed by atoms with Crippen LogP contribution in [0.3, 0.4) is 0 Å². The Balaban J connectivity index is 2.19. The molecule has 0 aromatic carbocycles. The van der Waals surface area contributed by atoms with Crippen LogP contribution >= 0.6 is 15.9 Å². The van der Waals surface area contributed by atoms with Crippen molar-refractivity contribution in [3.05, 3.63) is 22.4 Å². The van der Waals surface area contributed by atoms with Gasteiger partial charge in [0, 0.05) is 0 Å². The number of nitrogens with zero attached hydrogens (tertiary/aromatic N) is 1. The van der Waals surface area contributed by atoms with E-state index >= 15 is 0 Å². The first-order chi connectivity index (χ1) is 7.99. The number of hydrogen-bond donors (Lipinski definition) is 1. The molecule has 0 unspecified atom stereocenters. The topological polar surface area (TPSA) is 59.1 Å². The monoisotopic (exact) mass is 318 g/mol. The van der Waals surface area contributed by atoms with Crippen molar-refractivity contribution in [3.8, 4) is 0 Å². The summed E-state index contributed by atoms with van der Waals surface area (Å²) in [6.07, 6.45) is 3.53. The van der Waals surface area contributed by atoms with Crippen LogP contribution in [-0.2, 0) is 10.0 Å². The zero-order chi connectivity index (χ0) is 12.5. The quantitative estimate of drug-likeness (QED) is 0.872. The number of pyridine rings is 1. The summed E-state index contributed by atoms with van der Waals surface area (Å²) in [4.78, 5) is 4.17. The Morgan fingerprint density at radius 2 is 2.00 bits per heavy atom. The fraction of sp³-hybridized carbons (Fsp3) is 0.545. The van der Waals surface area contributed by atoms with E-state index in [9.17, 15) is 8.42 Å². The minimum atomic E-state index is -3.25. The number of nitrogens with one attached hydrogen (secondary N) is 1. The summed E-state index contributed by atoms with van der Waals surface area (Å²) in [5.41, 5.74) is 1.25. The van der Waals surface area contributed by atoms with Gasteiger partial charge in [0.05, 0.1) is 16.6 Å². The number of anilines is 1. The van der Waals surface area contributed by atoms with Gasteiger partial charge in [-0.3, -0.25) is 4.72 Å². The lowest BCUT2D eigenvalue weighted by Gasteiger charge is -2.14. The largest absolute Gasteiger partial charge is 0.281 e. The first kappa shape index (κ1) is 12.8. The lowest BCUT2D eigenvalue weighted by molar-refractivity contribution is 0.585. The summed E-state index contributed by atoms with van der Waals surface area (Å²) in [6, 6.07) is 3.47. The van der Waals surface area contributed by atoms with Crippen molar-refractivity contribution in [3.63, 3.8) is 0 Å². The lowest BCUT2D eigenvalue weighted by Crippen LogP contribution is -2.25. The summed E-state index contributed by atoms with van der Waals surface area (Å²) in [5, 5.41) is -0.245. The Morgan fingerprint density at radius 3 is 2.59 bits per heavy atom. The second-order valence-corrected chi connectivity index (χ2v) is 7.09. The first-order valence-corrected chi connectivity index (χ1v) is 7.98. The fourth-order valence-electron chi connectivity index (χ4n) is 2.07. The van der Waals surface area contributed by atoms with Crippen molar-refractivity contribution in [1.82, 2.24) is 4.98 Å². The number of sulfonamides is 1. The van der Waals surface area contributed by atoms with Crippen LogP contribution in [0.2, 0.25) is 0 Å². The molecule has 0 amide bonds. The average Bonchev–Trinajstić information content (AvgIpc) is 2.76. The molecular weight excluding hydrogens is 304 g/mol. The van der Waals surface area contributed by atoms with E-state index in [1.54, 1.807) is 19.1 Å². The maximum absolute atomic E-state index is 12.1. The van der Waals surface area contributed by atoms with Gasteiger partial charge >= 0.3 is 0 Å². The predicted molar refractivity (Wildman–Crippen MR) is 71.5 cm³/mol. The van der Waals surface area contributed by atoms with Crippen molar-refractivity contribution in [1.29, 1.82) is 0 Å². The van der Waals surface area contributed by atoms with Gasteiger partial charge in [0.2, 0.25) is 10.0 Å². The van der Waals surface area contributed by atoms with E-state index in [-0.39, 0.29) is 5.25 Å². The number of hydrogen-bond acceptors (Lipinski definition) is 3. The Hall–Kier alpha value is -0.620. The maximum atomic E-state index is 12.1. The second kappa shape index (κ2) is 4.94. The van der Waals surface area contributed by atoms with Gasteiger partial charge in [0.15, 0.2) is 0 Å². The van der Waals surface area contributed by atoms with Gasteiger partial charge in [-0.1, -0.05) is 12.8 Å². The number of halogens is 1. The molecule has 4 nitrogen and oxygen atoms in total. The molecule has 17 heavy (non-hydrogen) atoms. The molecule has 0 radical (unpaired) electrons. The standard InChI is InChI=1S/C11H15BrN2O2S/c1-8-10(6-7-11(12)13-8)14-17(15,16)9-4-2-3-5-9/h6-7,9,14H,2-5H2,1H3. The van der Waals surface area contributed by atoms with E-state index in [1.807, 2.05) is 0 Å². The van der Waals surface area contributed by atoms with Gasteiger partial charge in [-0.25, -0.2) is 13.4 Å². The van der Waals surface area contributed by atoms with Crippen molar-refractivity contribution < 1.29 is 8.42 Å². The van der Waals surface area contributed by atoms with E-state index in [1.165, 1.54) is 0 Å². The number of aryl methyl sites for hydroxylation is 1. The van der Waals surface area contributed by atoms with Gasteiger partial charge in [-0.15, -0.1) is 0 Å². The molecule has 2 rings (SSSR count). The molecule has 0 aliphatic heterocycles. The third-order valence-corrected chi connectivity index (χ3v) is 5.34. The van der Waals surface area contributed by atoms with Crippen LogP contribution in [0.5, 0.6) is 0 Å². The Kier molecular flexibility index (Phi) is 3.73. The average molecular weight is 319 g/mol. The highest BCUT2D eigenvalue weighted by Crippen LogP contribution is 2.27. The molecule has 94 valence electrons. The van der Waals surface area contributed by atoms with Crippen molar-refractivity contribution in [2.45, 2.75) is 37.9 Å². The Bertz CT molecular complexity index is 510. The molecule has 1 aliphatic rings. The van der Waals surface area contributed by atoms with E-state index in [2.05, 4.69) is 25.6 Å². The third-order valence-electron chi connectivity index (χ3n) is 3.05. The molecule has 0 spiro atoms. The minimum Gasteiger partial charge on any atom is -0.281 e. The molecule has 1 aliphatic carbocycles. The zero-order valence-electron chi connectivity index (χ0n) is 9.61. The fourth-order valence-corrected chi connectivity index (χ4v) is 4.11. The molecule has 1 aromatic heterocycles. The van der Waals surface area contributed by atoms with Crippen LogP contribution in [0, 0.1) is 6.92 Å². The molecule has 1 saturated carbocycles. The normalized spacial score (nSPS) is 17.3. The van der Waals surface area contributed by atoms with Crippen LogP contribution in [-0.4, -0.2) is 18.7 Å². The molecule has 1 heterocycles. The highest BCUT2D eigenvalue weighted by Gasteiger charge is 2.28. The van der Waals surface area contributed by atoms with E-state index in [0.29, 0.717) is 16.0 Å². The van der Waals surface area contributed by atoms with Gasteiger partial charge in [-0.05, 0) is 47.8 Å². The van der Waals surface area contributed by atoms with Gasteiger partial charge < -0.3 is 0 Å². The summed E-state index contributed by atoms with van der Waals surface area (Å²) >= 11 is 3.25. The van der Waals surface area contributed by atoms with Crippen molar-refractivity contribution >= 4 is 31.6 Å². The molecule has 1 fully saturated rings. The smallest absolute Gasteiger partial charge is 0.235 e. The van der Waals surface area contributed by atoms with Gasteiger partial charge in [0.1, 0.15) is 4.60 Å². The molecule has 1 aromatic rings. The molecule has 1 N–H and O–H groups in total. The maximum Gasteiger partial charge on any atom is 0.235 e. The SMILES string of the molecule is Cc1nc(Br)ccc1NS(=O)(=O)C1CCCC1. The highest BCUT2D eigenvalue weighted by molar-refractivity contribution is 9.10. The molecule has 0 saturated heterocycles. The first-order valence-electron chi connectivity index (χ1n) is 5.64. The van der Waals surface area contributed by atoms with Gasteiger partial charge in [-0.2, -0.15) is 0 Å². The molecule has 0 atom stereocenters. The van der Waals surface area contributed by atoms with Crippen LogP contribution in [0.15, 0.2) is 16.7 Å². The lowest BCUT2D eigenvalue weighted by atomic mass is 10.3. The van der Waals surface area contributed by atoms with Crippen molar-refractivity contribution in [2.24, 2.45) is 0 Å². The second-order valence-electron chi connectivity index (χ2n) is 4.32. The van der Waals surface area contributed by atoms with E-state index in [0.717, 1.165) is 25.7 Å². The highest BCUT2D eigenvalue weighted by atomic mass is 79.9. The summed E-state index contributed by atoms with van der Waals surface area (Å²) in [5.74, 6) is 0. The number of aromatic nitrogens is 1. The Labute approximate surface area is 110 Å². The van der Waals surface area contributed by atoms with Crippen molar-refractivity contribution in [2.75, 3.05) is 4.72 Å². The summed E-state index contributed by atoms with van der Waals surface area (Å²) in [6.45, 7) is 1.79. The molecule has 0 bridgehead atoms. The Morgan fingerprint density at radius 1 is 1.35 bits per heavy atom. The molecular formula is C11H15BrN2O2S. The summed E-state index contributed by atoms with van der Waals surface area (Å²) < 4.78 is 27.5. The zero-order valence-corrected chi connectivity index (χ0v) is 12.0.